The molecule has 0 spiro atoms. The highest BCUT2D eigenvalue weighted by Crippen LogP contribution is 2.39. The summed E-state index contributed by atoms with van der Waals surface area (Å²) in [6.07, 6.45) is 3.07. The van der Waals surface area contributed by atoms with Gasteiger partial charge in [0.15, 0.2) is 29.0 Å². The van der Waals surface area contributed by atoms with Crippen LogP contribution in [0.25, 0.3) is 5.82 Å². The molecule has 0 saturated carbocycles. The number of ether oxygens (including phenoxy) is 2. The SMILES string of the molecule is CC(=O)O.COc1cc([C@H](Nc2ccc(C(=N)N)cc2)c2nn(-c3ncccc3F)c(=O)[nH]2)cc2c1OCCC2. The number of hydrogen-bond donors (Lipinski definition) is 5. The topological polar surface area (TPSA) is 181 Å². The maximum atomic E-state index is 14.4. The van der Waals surface area contributed by atoms with E-state index in [9.17, 15) is 9.18 Å². The van der Waals surface area contributed by atoms with Crippen molar-refractivity contribution in [2.75, 3.05) is 19.0 Å². The summed E-state index contributed by atoms with van der Waals surface area (Å²) in [4.78, 5) is 28.5. The molecule has 13 heteroatoms. The predicted molar refractivity (Wildman–Crippen MR) is 145 cm³/mol. The van der Waals surface area contributed by atoms with Gasteiger partial charge >= 0.3 is 5.69 Å². The molecule has 3 heterocycles. The number of halogens is 1. The number of carbonyl (C=O) groups is 1. The van der Waals surface area contributed by atoms with E-state index in [0.717, 1.165) is 35.6 Å². The molecule has 0 saturated heterocycles. The average molecular weight is 550 g/mol. The smallest absolute Gasteiger partial charge is 0.349 e. The fourth-order valence-electron chi connectivity index (χ4n) is 4.16. The van der Waals surface area contributed by atoms with E-state index in [4.69, 9.17) is 30.5 Å². The van der Waals surface area contributed by atoms with Crippen LogP contribution in [0, 0.1) is 11.2 Å². The van der Waals surface area contributed by atoms with E-state index in [1.165, 1.54) is 18.3 Å². The number of methoxy groups -OCH3 is 1. The Labute approximate surface area is 228 Å². The number of anilines is 1. The van der Waals surface area contributed by atoms with Crippen molar-refractivity contribution in [1.82, 2.24) is 19.7 Å². The highest BCUT2D eigenvalue weighted by molar-refractivity contribution is 5.95. The van der Waals surface area contributed by atoms with Gasteiger partial charge in [0.2, 0.25) is 0 Å². The highest BCUT2D eigenvalue weighted by atomic mass is 19.1. The Hall–Kier alpha value is -5.20. The molecule has 0 radical (unpaired) electrons. The van der Waals surface area contributed by atoms with E-state index < -0.39 is 23.5 Å². The number of H-pyrrole nitrogens is 1. The molecular weight excluding hydrogens is 521 g/mol. The quantitative estimate of drug-likeness (QED) is 0.171. The van der Waals surface area contributed by atoms with Crippen molar-refractivity contribution in [3.8, 4) is 17.3 Å². The summed E-state index contributed by atoms with van der Waals surface area (Å²) in [6, 6.07) is 12.8. The summed E-state index contributed by atoms with van der Waals surface area (Å²) >= 11 is 0. The summed E-state index contributed by atoms with van der Waals surface area (Å²) in [6.45, 7) is 1.69. The Kier molecular flexibility index (Phi) is 8.42. The van der Waals surface area contributed by atoms with Gasteiger partial charge in [-0.15, -0.1) is 5.10 Å². The van der Waals surface area contributed by atoms with Crippen LogP contribution >= 0.6 is 0 Å². The molecule has 1 aliphatic rings. The van der Waals surface area contributed by atoms with E-state index in [-0.39, 0.29) is 17.5 Å². The molecule has 0 amide bonds. The van der Waals surface area contributed by atoms with Gasteiger partial charge in [-0.05, 0) is 72.5 Å². The van der Waals surface area contributed by atoms with Gasteiger partial charge in [0.25, 0.3) is 5.97 Å². The third kappa shape index (κ3) is 6.26. The number of aryl methyl sites for hydroxylation is 1. The molecule has 40 heavy (non-hydrogen) atoms. The van der Waals surface area contributed by atoms with Crippen LogP contribution in [0.3, 0.4) is 0 Å². The maximum Gasteiger partial charge on any atom is 0.349 e. The monoisotopic (exact) mass is 549 g/mol. The number of aromatic amines is 1. The minimum Gasteiger partial charge on any atom is -0.493 e. The van der Waals surface area contributed by atoms with Gasteiger partial charge in [-0.2, -0.15) is 4.68 Å². The van der Waals surface area contributed by atoms with Crippen molar-refractivity contribution in [2.24, 2.45) is 5.73 Å². The first kappa shape index (κ1) is 27.8. The normalized spacial score (nSPS) is 12.7. The van der Waals surface area contributed by atoms with Crippen LogP contribution in [-0.4, -0.2) is 50.4 Å². The second-order valence-electron chi connectivity index (χ2n) is 8.79. The first-order valence-corrected chi connectivity index (χ1v) is 12.2. The number of pyridine rings is 1. The number of amidine groups is 1. The third-order valence-corrected chi connectivity index (χ3v) is 5.90. The van der Waals surface area contributed by atoms with Crippen molar-refractivity contribution in [3.05, 3.63) is 93.5 Å². The molecule has 208 valence electrons. The molecule has 5 rings (SSSR count). The van der Waals surface area contributed by atoms with Gasteiger partial charge in [-0.3, -0.25) is 15.2 Å². The Balaban J connectivity index is 0.000000867. The Morgan fingerprint density at radius 2 is 2.02 bits per heavy atom. The number of rotatable bonds is 7. The molecular formula is C27H28FN7O5. The zero-order chi connectivity index (χ0) is 28.8. The fraction of sp³-hybridized carbons (Fsp3) is 0.222. The zero-order valence-corrected chi connectivity index (χ0v) is 21.8. The average Bonchev–Trinajstić information content (AvgIpc) is 3.32. The number of aliphatic carboxylic acids is 1. The van der Waals surface area contributed by atoms with Crippen LogP contribution in [0.15, 0.2) is 59.5 Å². The van der Waals surface area contributed by atoms with Gasteiger partial charge in [0.05, 0.1) is 13.7 Å². The second-order valence-corrected chi connectivity index (χ2v) is 8.79. The van der Waals surface area contributed by atoms with Gasteiger partial charge in [-0.25, -0.2) is 14.2 Å². The molecule has 4 aromatic rings. The van der Waals surface area contributed by atoms with Crippen molar-refractivity contribution in [3.63, 3.8) is 0 Å². The molecule has 6 N–H and O–H groups in total. The number of benzene rings is 2. The first-order valence-electron chi connectivity index (χ1n) is 12.2. The number of fused-ring (bicyclic) bond motifs is 1. The minimum atomic E-state index is -0.833. The lowest BCUT2D eigenvalue weighted by Gasteiger charge is -2.24. The third-order valence-electron chi connectivity index (χ3n) is 5.90. The lowest BCUT2D eigenvalue weighted by Crippen LogP contribution is -2.18. The molecule has 0 unspecified atom stereocenters. The van der Waals surface area contributed by atoms with Gasteiger partial charge in [0.1, 0.15) is 11.9 Å². The zero-order valence-electron chi connectivity index (χ0n) is 21.8. The summed E-state index contributed by atoms with van der Waals surface area (Å²) in [7, 11) is 1.57. The lowest BCUT2D eigenvalue weighted by atomic mass is 9.97. The van der Waals surface area contributed by atoms with Gasteiger partial charge in [-0.1, -0.05) is 0 Å². The molecule has 0 bridgehead atoms. The number of aromatic nitrogens is 4. The van der Waals surface area contributed by atoms with E-state index >= 15 is 0 Å². The molecule has 1 aliphatic heterocycles. The molecule has 12 nitrogen and oxygen atoms in total. The molecule has 1 atom stereocenters. The first-order chi connectivity index (χ1) is 19.2. The van der Waals surface area contributed by atoms with E-state index in [0.29, 0.717) is 29.4 Å². The van der Waals surface area contributed by atoms with Crippen LogP contribution in [0.2, 0.25) is 0 Å². The van der Waals surface area contributed by atoms with Crippen molar-refractivity contribution in [2.45, 2.75) is 25.8 Å². The minimum absolute atomic E-state index is 0.0435. The molecule has 0 aliphatic carbocycles. The Morgan fingerprint density at radius 3 is 2.67 bits per heavy atom. The predicted octanol–water partition coefficient (Wildman–Crippen LogP) is 3.00. The molecule has 0 fully saturated rings. The largest absolute Gasteiger partial charge is 0.493 e. The lowest BCUT2D eigenvalue weighted by molar-refractivity contribution is -0.134. The van der Waals surface area contributed by atoms with Gasteiger partial charge in [0, 0.05) is 24.4 Å². The summed E-state index contributed by atoms with van der Waals surface area (Å²) in [5.74, 6) is -0.233. The van der Waals surface area contributed by atoms with Crippen molar-refractivity contribution in [1.29, 1.82) is 5.41 Å². The Bertz CT molecular complexity index is 1560. The number of carboxylic acids is 1. The summed E-state index contributed by atoms with van der Waals surface area (Å²) in [5.41, 5.74) is 7.95. The number of nitrogens with one attached hydrogen (secondary N) is 3. The van der Waals surface area contributed by atoms with Crippen LogP contribution < -0.4 is 26.2 Å². The maximum absolute atomic E-state index is 14.4. The highest BCUT2D eigenvalue weighted by Gasteiger charge is 2.25. The Morgan fingerprint density at radius 1 is 1.30 bits per heavy atom. The number of carboxylic acid groups (broad SMARTS) is 1. The van der Waals surface area contributed by atoms with E-state index in [1.54, 1.807) is 31.4 Å². The standard InChI is InChI=1S/C25H24FN7O3.C2H4O2/c1-35-19-13-16(12-15-4-3-11-36-21(15)19)20(30-17-8-6-14(7-9-17)22(27)28)23-31-25(34)33(32-23)24-18(26)5-2-10-29-24;1-2(3)4/h2,5-10,12-13,20,30H,3-4,11H2,1H3,(H3,27,28)(H,31,32,34);1H3,(H,3,4)/t20-;/m0./s1. The fourth-order valence-corrected chi connectivity index (χ4v) is 4.16. The number of nitrogens with zero attached hydrogens (tertiary/aromatic N) is 3. The summed E-state index contributed by atoms with van der Waals surface area (Å²) < 4.78 is 26.7. The van der Waals surface area contributed by atoms with Crippen LogP contribution in [0.5, 0.6) is 11.5 Å². The molecule has 2 aromatic carbocycles. The van der Waals surface area contributed by atoms with Crippen LogP contribution in [-0.2, 0) is 11.2 Å². The van der Waals surface area contributed by atoms with Crippen molar-refractivity contribution < 1.29 is 23.8 Å². The molecule has 2 aromatic heterocycles. The van der Waals surface area contributed by atoms with E-state index in [2.05, 4.69) is 20.4 Å². The number of hydrogen-bond acceptors (Lipinski definition) is 8. The second kappa shape index (κ2) is 12.1. The van der Waals surface area contributed by atoms with Crippen LogP contribution in [0.4, 0.5) is 10.1 Å². The van der Waals surface area contributed by atoms with Crippen LogP contribution in [0.1, 0.15) is 41.9 Å². The summed E-state index contributed by atoms with van der Waals surface area (Å²) in [5, 5.41) is 22.8. The number of nitrogen functional groups attached to an aromatic ring is 1. The van der Waals surface area contributed by atoms with Gasteiger partial charge < -0.3 is 25.6 Å². The van der Waals surface area contributed by atoms with E-state index in [1.807, 2.05) is 12.1 Å². The number of nitrogens with two attached hydrogens (primary N) is 1. The van der Waals surface area contributed by atoms with Crippen molar-refractivity contribution >= 4 is 17.5 Å².